The van der Waals surface area contributed by atoms with Gasteiger partial charge in [0.1, 0.15) is 0 Å². The highest BCUT2D eigenvalue weighted by molar-refractivity contribution is 7.99. The molecule has 7 heteroatoms. The molecule has 152 valence electrons. The van der Waals surface area contributed by atoms with Crippen LogP contribution in [-0.2, 0) is 0 Å². The predicted molar refractivity (Wildman–Crippen MR) is 117 cm³/mol. The second-order valence-corrected chi connectivity index (χ2v) is 7.84. The van der Waals surface area contributed by atoms with Crippen molar-refractivity contribution in [3.8, 4) is 22.8 Å². The number of nitrogens with zero attached hydrogens (tertiary/aromatic N) is 4. The Morgan fingerprint density at radius 3 is 2.53 bits per heavy atom. The van der Waals surface area contributed by atoms with Crippen LogP contribution in [0.1, 0.15) is 11.1 Å². The minimum absolute atomic E-state index is 0.256. The van der Waals surface area contributed by atoms with Crippen molar-refractivity contribution in [2.75, 3.05) is 12.4 Å². The summed E-state index contributed by atoms with van der Waals surface area (Å²) < 4.78 is 21.3. The molecule has 0 aliphatic carbocycles. The first-order chi connectivity index (χ1) is 14.6. The zero-order valence-corrected chi connectivity index (χ0v) is 17.6. The van der Waals surface area contributed by atoms with E-state index >= 15 is 0 Å². The number of para-hydroxylation sites is 1. The fourth-order valence-electron chi connectivity index (χ4n) is 3.00. The lowest BCUT2D eigenvalue weighted by Crippen LogP contribution is -2.04. The third kappa shape index (κ3) is 4.36. The van der Waals surface area contributed by atoms with Gasteiger partial charge in [0, 0.05) is 23.7 Å². The Morgan fingerprint density at radius 1 is 0.967 bits per heavy atom. The molecule has 0 amide bonds. The molecule has 5 nitrogen and oxygen atoms in total. The fraction of sp³-hybridized carbons (Fsp3) is 0.174. The van der Waals surface area contributed by atoms with Crippen LogP contribution in [0.15, 0.2) is 72.1 Å². The summed E-state index contributed by atoms with van der Waals surface area (Å²) in [7, 11) is 0. The van der Waals surface area contributed by atoms with Gasteiger partial charge in [-0.15, -0.1) is 10.2 Å². The van der Waals surface area contributed by atoms with Crippen molar-refractivity contribution < 1.29 is 9.13 Å². The zero-order chi connectivity index (χ0) is 20.9. The van der Waals surface area contributed by atoms with Crippen LogP contribution >= 0.6 is 11.8 Å². The Bertz CT molecular complexity index is 1150. The molecule has 0 bridgehead atoms. The molecule has 0 atom stereocenters. The number of aryl methyl sites for hydroxylation is 2. The summed E-state index contributed by atoms with van der Waals surface area (Å²) in [4.78, 5) is 4.09. The number of benzene rings is 2. The molecule has 0 aliphatic heterocycles. The number of thioether (sulfide) groups is 1. The van der Waals surface area contributed by atoms with Gasteiger partial charge < -0.3 is 4.74 Å². The highest BCUT2D eigenvalue weighted by Crippen LogP contribution is 2.28. The van der Waals surface area contributed by atoms with Crippen molar-refractivity contribution in [3.05, 3.63) is 83.9 Å². The largest absolute Gasteiger partial charge is 0.490 e. The fourth-order valence-corrected chi connectivity index (χ4v) is 3.76. The van der Waals surface area contributed by atoms with E-state index in [0.29, 0.717) is 12.4 Å². The summed E-state index contributed by atoms with van der Waals surface area (Å²) in [6.07, 6.45) is 3.48. The molecule has 0 fully saturated rings. The van der Waals surface area contributed by atoms with Crippen LogP contribution in [0.4, 0.5) is 4.39 Å². The molecular formula is C23H21FN4OS. The van der Waals surface area contributed by atoms with Gasteiger partial charge in [-0.2, -0.15) is 0 Å². The summed E-state index contributed by atoms with van der Waals surface area (Å²) in [5.41, 5.74) is 4.35. The summed E-state index contributed by atoms with van der Waals surface area (Å²) in [5, 5.41) is 9.59. The van der Waals surface area contributed by atoms with Gasteiger partial charge in [0.25, 0.3) is 0 Å². The maximum Gasteiger partial charge on any atom is 0.196 e. The first-order valence-electron chi connectivity index (χ1n) is 9.57. The van der Waals surface area contributed by atoms with Gasteiger partial charge in [0.05, 0.1) is 12.3 Å². The van der Waals surface area contributed by atoms with Crippen molar-refractivity contribution in [1.82, 2.24) is 19.7 Å². The van der Waals surface area contributed by atoms with Gasteiger partial charge in [0.2, 0.25) is 0 Å². The summed E-state index contributed by atoms with van der Waals surface area (Å²) in [5.74, 6) is 1.25. The topological polar surface area (TPSA) is 52.8 Å². The highest BCUT2D eigenvalue weighted by atomic mass is 32.2. The lowest BCUT2D eigenvalue weighted by Gasteiger charge is -2.12. The van der Waals surface area contributed by atoms with Gasteiger partial charge in [-0.1, -0.05) is 30.0 Å². The van der Waals surface area contributed by atoms with Crippen LogP contribution in [0, 0.1) is 19.7 Å². The van der Waals surface area contributed by atoms with E-state index in [1.54, 1.807) is 30.6 Å². The Kier molecular flexibility index (Phi) is 6.09. The van der Waals surface area contributed by atoms with Crippen molar-refractivity contribution in [1.29, 1.82) is 0 Å². The van der Waals surface area contributed by atoms with Gasteiger partial charge in [-0.25, -0.2) is 4.39 Å². The minimum Gasteiger partial charge on any atom is -0.490 e. The standard InChI is InChI=1S/C23H21FN4OS/c1-16-7-8-19(15-17(16)2)28-22(18-9-11-25-12-10-18)26-27-23(28)30-14-13-29-21-6-4-3-5-20(21)24/h3-12,15H,13-14H2,1-2H3. The van der Waals surface area contributed by atoms with E-state index < -0.39 is 0 Å². The zero-order valence-electron chi connectivity index (χ0n) is 16.7. The smallest absolute Gasteiger partial charge is 0.196 e. The lowest BCUT2D eigenvalue weighted by atomic mass is 10.1. The molecular weight excluding hydrogens is 399 g/mol. The molecule has 0 unspecified atom stereocenters. The molecule has 0 aliphatic rings. The second kappa shape index (κ2) is 9.09. The number of aromatic nitrogens is 4. The van der Waals surface area contributed by atoms with E-state index in [1.165, 1.54) is 29.0 Å². The normalized spacial score (nSPS) is 10.9. The van der Waals surface area contributed by atoms with Gasteiger partial charge in [0.15, 0.2) is 22.5 Å². The van der Waals surface area contributed by atoms with Crippen LogP contribution < -0.4 is 4.74 Å². The summed E-state index contributed by atoms with van der Waals surface area (Å²) in [6, 6.07) is 16.5. The molecule has 0 radical (unpaired) electrons. The first-order valence-corrected chi connectivity index (χ1v) is 10.6. The number of hydrogen-bond acceptors (Lipinski definition) is 5. The molecule has 2 aromatic carbocycles. The third-order valence-corrected chi connectivity index (χ3v) is 5.62. The van der Waals surface area contributed by atoms with Crippen molar-refractivity contribution in [3.63, 3.8) is 0 Å². The number of halogens is 1. The van der Waals surface area contributed by atoms with Crippen LogP contribution in [0.2, 0.25) is 0 Å². The van der Waals surface area contributed by atoms with Gasteiger partial charge in [-0.3, -0.25) is 9.55 Å². The average molecular weight is 421 g/mol. The van der Waals surface area contributed by atoms with E-state index in [1.807, 2.05) is 16.7 Å². The van der Waals surface area contributed by atoms with E-state index in [0.717, 1.165) is 22.2 Å². The first kappa shape index (κ1) is 20.1. The molecule has 2 heterocycles. The molecule has 0 saturated heterocycles. The third-order valence-electron chi connectivity index (χ3n) is 4.73. The molecule has 4 rings (SSSR count). The van der Waals surface area contributed by atoms with Crippen molar-refractivity contribution in [2.45, 2.75) is 19.0 Å². The second-order valence-electron chi connectivity index (χ2n) is 6.77. The van der Waals surface area contributed by atoms with Gasteiger partial charge >= 0.3 is 0 Å². The Labute approximate surface area is 179 Å². The lowest BCUT2D eigenvalue weighted by molar-refractivity contribution is 0.325. The van der Waals surface area contributed by atoms with E-state index in [9.17, 15) is 4.39 Å². The van der Waals surface area contributed by atoms with E-state index in [4.69, 9.17) is 4.74 Å². The molecule has 4 aromatic rings. The quantitative estimate of drug-likeness (QED) is 0.302. The highest BCUT2D eigenvalue weighted by Gasteiger charge is 2.16. The molecule has 0 saturated carbocycles. The Balaban J connectivity index is 1.59. The number of pyridine rings is 1. The SMILES string of the molecule is Cc1ccc(-n2c(SCCOc3ccccc3F)nnc2-c2ccncc2)cc1C. The number of hydrogen-bond donors (Lipinski definition) is 0. The van der Waals surface area contributed by atoms with Crippen LogP contribution in [-0.4, -0.2) is 32.1 Å². The maximum atomic E-state index is 13.7. The number of ether oxygens (including phenoxy) is 1. The predicted octanol–water partition coefficient (Wildman–Crippen LogP) is 5.26. The molecule has 0 N–H and O–H groups in total. The summed E-state index contributed by atoms with van der Waals surface area (Å²) >= 11 is 1.52. The molecule has 2 aromatic heterocycles. The van der Waals surface area contributed by atoms with E-state index in [-0.39, 0.29) is 11.6 Å². The minimum atomic E-state index is -0.360. The van der Waals surface area contributed by atoms with Crippen LogP contribution in [0.25, 0.3) is 17.1 Å². The van der Waals surface area contributed by atoms with Crippen molar-refractivity contribution >= 4 is 11.8 Å². The maximum absolute atomic E-state index is 13.7. The Morgan fingerprint density at radius 2 is 1.77 bits per heavy atom. The number of rotatable bonds is 7. The van der Waals surface area contributed by atoms with Crippen LogP contribution in [0.5, 0.6) is 5.75 Å². The van der Waals surface area contributed by atoms with E-state index in [2.05, 4.69) is 47.2 Å². The Hall–Kier alpha value is -3.19. The van der Waals surface area contributed by atoms with Crippen molar-refractivity contribution in [2.24, 2.45) is 0 Å². The molecule has 30 heavy (non-hydrogen) atoms. The van der Waals surface area contributed by atoms with Crippen LogP contribution in [0.3, 0.4) is 0 Å². The van der Waals surface area contributed by atoms with Gasteiger partial charge in [-0.05, 0) is 61.4 Å². The monoisotopic (exact) mass is 420 g/mol. The average Bonchev–Trinajstić information content (AvgIpc) is 3.19. The molecule has 0 spiro atoms. The summed E-state index contributed by atoms with van der Waals surface area (Å²) in [6.45, 7) is 4.53.